The van der Waals surface area contributed by atoms with E-state index in [1.165, 1.54) is 59.9 Å². The Morgan fingerprint density at radius 3 is 2.15 bits per heavy atom. The molecule has 0 saturated heterocycles. The molecule has 0 radical (unpaired) electrons. The van der Waals surface area contributed by atoms with E-state index in [9.17, 15) is 0 Å². The maximum Gasteiger partial charge on any atom is 0.173 e. The van der Waals surface area contributed by atoms with Gasteiger partial charge in [0.15, 0.2) is 18.8 Å². The van der Waals surface area contributed by atoms with Gasteiger partial charge in [0.1, 0.15) is 5.75 Å². The van der Waals surface area contributed by atoms with E-state index in [-0.39, 0.29) is 0 Å². The molecule has 0 spiro atoms. The van der Waals surface area contributed by atoms with Gasteiger partial charge in [-0.05, 0) is 43.7 Å². The van der Waals surface area contributed by atoms with Gasteiger partial charge in [-0.15, -0.1) is 0 Å². The van der Waals surface area contributed by atoms with Gasteiger partial charge < -0.3 is 4.74 Å². The Bertz CT molecular complexity index is 1120. The first kappa shape index (κ1) is 24.2. The van der Waals surface area contributed by atoms with Crippen LogP contribution in [-0.4, -0.2) is 22.4 Å². The van der Waals surface area contributed by atoms with Gasteiger partial charge in [-0.25, -0.2) is 4.58 Å². The zero-order chi connectivity index (χ0) is 23.9. The Morgan fingerprint density at radius 1 is 0.853 bits per heavy atom. The predicted molar refractivity (Wildman–Crippen MR) is 142 cm³/mol. The van der Waals surface area contributed by atoms with E-state index in [2.05, 4.69) is 79.9 Å². The van der Waals surface area contributed by atoms with Crippen LogP contribution < -0.4 is 4.74 Å². The summed E-state index contributed by atoms with van der Waals surface area (Å²) in [5, 5.41) is 0. The Balaban J connectivity index is 1.76. The van der Waals surface area contributed by atoms with Gasteiger partial charge in [-0.3, -0.25) is 4.98 Å². The molecule has 0 amide bonds. The van der Waals surface area contributed by atoms with E-state index in [0.29, 0.717) is 0 Å². The molecule has 1 aromatic heterocycles. The summed E-state index contributed by atoms with van der Waals surface area (Å²) in [5.74, 6) is 0.949. The van der Waals surface area contributed by atoms with Gasteiger partial charge in [0.05, 0.1) is 24.1 Å². The molecule has 3 heteroatoms. The van der Waals surface area contributed by atoms with Crippen LogP contribution in [0.25, 0.3) is 11.3 Å². The van der Waals surface area contributed by atoms with Crippen molar-refractivity contribution in [3.8, 4) is 17.0 Å². The van der Waals surface area contributed by atoms with Crippen LogP contribution in [-0.2, 0) is 25.9 Å². The second-order valence-corrected chi connectivity index (χ2v) is 9.40. The van der Waals surface area contributed by atoms with Crippen molar-refractivity contribution in [2.45, 2.75) is 78.8 Å². The lowest BCUT2D eigenvalue weighted by atomic mass is 9.94. The number of ether oxygens (including phenoxy) is 1. The first-order valence-electron chi connectivity index (χ1n) is 12.9. The number of benzene rings is 2. The molecule has 3 aromatic rings. The number of hydrogen-bond donors (Lipinski definition) is 0. The molecule has 3 nitrogen and oxygen atoms in total. The number of nitrogens with zero attached hydrogens (tertiary/aromatic N) is 2. The zero-order valence-electron chi connectivity index (χ0n) is 21.4. The first-order chi connectivity index (χ1) is 16.6. The Kier molecular flexibility index (Phi) is 8.16. The fourth-order valence-electron chi connectivity index (χ4n) is 5.29. The minimum atomic E-state index is 0.836. The summed E-state index contributed by atoms with van der Waals surface area (Å²) >= 11 is 0. The fourth-order valence-corrected chi connectivity index (χ4v) is 5.29. The van der Waals surface area contributed by atoms with Gasteiger partial charge in [-0.1, -0.05) is 68.8 Å². The van der Waals surface area contributed by atoms with Crippen LogP contribution in [0.15, 0.2) is 54.6 Å². The lowest BCUT2D eigenvalue weighted by Gasteiger charge is -2.19. The van der Waals surface area contributed by atoms with Gasteiger partial charge in [0.25, 0.3) is 0 Å². The molecule has 1 saturated carbocycles. The molecule has 1 aliphatic carbocycles. The van der Waals surface area contributed by atoms with E-state index >= 15 is 0 Å². The van der Waals surface area contributed by atoms with Crippen molar-refractivity contribution >= 4 is 5.71 Å². The average molecular weight is 456 g/mol. The molecule has 4 rings (SSSR count). The molecule has 0 atom stereocenters. The van der Waals surface area contributed by atoms with Crippen LogP contribution in [0.1, 0.15) is 73.9 Å². The molecular weight excluding hydrogens is 416 g/mol. The smallest absolute Gasteiger partial charge is 0.173 e. The predicted octanol–water partition coefficient (Wildman–Crippen LogP) is 7.31. The highest BCUT2D eigenvalue weighted by Crippen LogP contribution is 2.33. The second kappa shape index (κ2) is 11.5. The molecule has 1 fully saturated rings. The molecular formula is C31H39N2O+. The fraction of sp³-hybridized carbons (Fsp3) is 0.419. The summed E-state index contributed by atoms with van der Waals surface area (Å²) in [6.07, 6.45) is 8.32. The van der Waals surface area contributed by atoms with Crippen molar-refractivity contribution in [3.63, 3.8) is 0 Å². The molecule has 0 unspecified atom stereocenters. The minimum absolute atomic E-state index is 0.836. The molecule has 1 heterocycles. The highest BCUT2D eigenvalue weighted by atomic mass is 16.5. The average Bonchev–Trinajstić information content (AvgIpc) is 2.89. The Hall–Kier alpha value is -2.94. The summed E-state index contributed by atoms with van der Waals surface area (Å²) in [6.45, 7) is 8.36. The maximum atomic E-state index is 6.00. The van der Waals surface area contributed by atoms with Crippen LogP contribution in [0.3, 0.4) is 0 Å². The zero-order valence-corrected chi connectivity index (χ0v) is 21.4. The van der Waals surface area contributed by atoms with Crippen LogP contribution in [0.4, 0.5) is 0 Å². The first-order valence-corrected chi connectivity index (χ1v) is 12.9. The van der Waals surface area contributed by atoms with Gasteiger partial charge in [-0.2, -0.15) is 0 Å². The number of aryl methyl sites for hydroxylation is 3. The van der Waals surface area contributed by atoms with Gasteiger partial charge in [0, 0.05) is 30.0 Å². The Labute approximate surface area is 205 Å². The monoisotopic (exact) mass is 455 g/mol. The molecule has 0 N–H and O–H groups in total. The summed E-state index contributed by atoms with van der Waals surface area (Å²) in [4.78, 5) is 5.16. The van der Waals surface area contributed by atoms with Crippen molar-refractivity contribution in [2.75, 3.05) is 7.11 Å². The van der Waals surface area contributed by atoms with E-state index in [4.69, 9.17) is 9.72 Å². The van der Waals surface area contributed by atoms with E-state index in [1.54, 1.807) is 12.8 Å². The highest BCUT2D eigenvalue weighted by Gasteiger charge is 2.23. The third kappa shape index (κ3) is 5.41. The third-order valence-electron chi connectivity index (χ3n) is 7.21. The molecule has 178 valence electrons. The number of aromatic nitrogens is 1. The summed E-state index contributed by atoms with van der Waals surface area (Å²) in [6, 6.07) is 19.6. The van der Waals surface area contributed by atoms with Crippen molar-refractivity contribution in [1.29, 1.82) is 0 Å². The standard InChI is InChI=1S/C31H39N2O/c1-5-25-16-13-17-26(6-2)31(25)29-20-30(34-4)28(23(3)32-29)22-33(27-18-11-8-12-19-27)21-24-14-9-7-10-15-24/h7,9-10,13-17,20H,5-6,8,11-12,18-19,21-22H2,1-4H3/q+1. The minimum Gasteiger partial charge on any atom is -0.496 e. The Morgan fingerprint density at radius 2 is 1.53 bits per heavy atom. The van der Waals surface area contributed by atoms with E-state index in [1.807, 2.05) is 0 Å². The van der Waals surface area contributed by atoms with E-state index < -0.39 is 0 Å². The molecule has 0 bridgehead atoms. The van der Waals surface area contributed by atoms with Crippen LogP contribution >= 0.6 is 0 Å². The molecule has 34 heavy (non-hydrogen) atoms. The lowest BCUT2D eigenvalue weighted by molar-refractivity contribution is -0.562. The molecule has 0 aliphatic heterocycles. The van der Waals surface area contributed by atoms with Crippen molar-refractivity contribution < 1.29 is 9.31 Å². The largest absolute Gasteiger partial charge is 0.496 e. The SMILES string of the molecule is CCc1cccc(CC)c1-c1cc(OC)c(C[N+](Cc2ccccc2)=C2CCCCC2)c(C)n1. The molecule has 1 aliphatic rings. The van der Waals surface area contributed by atoms with Gasteiger partial charge >= 0.3 is 0 Å². The van der Waals surface area contributed by atoms with Crippen molar-refractivity contribution in [1.82, 2.24) is 4.98 Å². The number of pyridine rings is 1. The van der Waals surface area contributed by atoms with Crippen LogP contribution in [0.2, 0.25) is 0 Å². The summed E-state index contributed by atoms with van der Waals surface area (Å²) < 4.78 is 8.58. The topological polar surface area (TPSA) is 25.1 Å². The van der Waals surface area contributed by atoms with Gasteiger partial charge in [0.2, 0.25) is 0 Å². The second-order valence-electron chi connectivity index (χ2n) is 9.40. The quantitative estimate of drug-likeness (QED) is 0.333. The highest BCUT2D eigenvalue weighted by molar-refractivity contribution is 5.80. The normalized spacial score (nSPS) is 13.7. The van der Waals surface area contributed by atoms with Crippen LogP contribution in [0.5, 0.6) is 5.75 Å². The summed E-state index contributed by atoms with van der Waals surface area (Å²) in [7, 11) is 1.80. The van der Waals surface area contributed by atoms with Crippen LogP contribution in [0, 0.1) is 6.92 Å². The third-order valence-corrected chi connectivity index (χ3v) is 7.21. The number of hydrogen-bond acceptors (Lipinski definition) is 2. The summed E-state index contributed by atoms with van der Waals surface area (Å²) in [5.41, 5.74) is 10.2. The maximum absolute atomic E-state index is 6.00. The van der Waals surface area contributed by atoms with E-state index in [0.717, 1.165) is 43.1 Å². The molecule has 2 aromatic carbocycles. The van der Waals surface area contributed by atoms with Crippen molar-refractivity contribution in [2.24, 2.45) is 0 Å². The number of rotatable bonds is 8. The number of methoxy groups -OCH3 is 1. The lowest BCUT2D eigenvalue weighted by Crippen LogP contribution is -2.24. The van der Waals surface area contributed by atoms with Crippen molar-refractivity contribution in [3.05, 3.63) is 82.5 Å².